The maximum Gasteiger partial charge on any atom is 0.215 e. The van der Waals surface area contributed by atoms with Crippen LogP contribution >= 0.6 is 0 Å². The molecule has 1 aromatic heterocycles. The van der Waals surface area contributed by atoms with E-state index in [1.54, 1.807) is 0 Å². The third-order valence-electron chi connectivity index (χ3n) is 3.75. The number of aromatic nitrogens is 1. The van der Waals surface area contributed by atoms with Crippen molar-refractivity contribution in [2.24, 2.45) is 0 Å². The Hall–Kier alpha value is -2.11. The Kier molecular flexibility index (Phi) is 4.50. The zero-order valence-electron chi connectivity index (χ0n) is 13.0. The molecule has 2 N–H and O–H groups in total. The van der Waals surface area contributed by atoms with E-state index in [4.69, 9.17) is 0 Å². The smallest absolute Gasteiger partial charge is 0.215 e. The lowest BCUT2D eigenvalue weighted by Crippen LogP contribution is -2.27. The van der Waals surface area contributed by atoms with Gasteiger partial charge in [0, 0.05) is 17.8 Å². The van der Waals surface area contributed by atoms with Crippen LogP contribution in [0.4, 0.5) is 0 Å². The number of nitrogens with one attached hydrogen (secondary N) is 2. The fourth-order valence-corrected chi connectivity index (χ4v) is 3.82. The van der Waals surface area contributed by atoms with Gasteiger partial charge < -0.3 is 4.98 Å². The van der Waals surface area contributed by atoms with E-state index in [-0.39, 0.29) is 5.75 Å². The van der Waals surface area contributed by atoms with Crippen LogP contribution in [0.25, 0.3) is 10.9 Å². The van der Waals surface area contributed by atoms with Gasteiger partial charge in [-0.25, -0.2) is 13.1 Å². The normalized spacial score (nSPS) is 11.9. The number of benzene rings is 2. The average Bonchev–Trinajstić information content (AvgIpc) is 2.87. The molecule has 1 heterocycles. The Morgan fingerprint density at radius 1 is 1.00 bits per heavy atom. The molecule has 2 aromatic carbocycles. The van der Waals surface area contributed by atoms with Crippen LogP contribution in [0.15, 0.2) is 54.6 Å². The highest BCUT2D eigenvalue weighted by molar-refractivity contribution is 7.88. The maximum absolute atomic E-state index is 12.1. The van der Waals surface area contributed by atoms with Gasteiger partial charge in [0.1, 0.15) is 0 Å². The first-order chi connectivity index (χ1) is 11.0. The first-order valence-corrected chi connectivity index (χ1v) is 9.27. The second kappa shape index (κ2) is 6.56. The third kappa shape index (κ3) is 4.21. The minimum atomic E-state index is -3.30. The lowest BCUT2D eigenvalue weighted by atomic mass is 10.1. The number of rotatable bonds is 6. The van der Waals surface area contributed by atoms with Gasteiger partial charge in [-0.2, -0.15) is 0 Å². The quantitative estimate of drug-likeness (QED) is 0.730. The summed E-state index contributed by atoms with van der Waals surface area (Å²) in [5.41, 5.74) is 4.15. The molecule has 0 radical (unpaired) electrons. The Morgan fingerprint density at radius 3 is 2.57 bits per heavy atom. The van der Waals surface area contributed by atoms with E-state index in [1.165, 1.54) is 0 Å². The molecule has 0 fully saturated rings. The Morgan fingerprint density at radius 2 is 1.78 bits per heavy atom. The van der Waals surface area contributed by atoms with Gasteiger partial charge in [0.05, 0.1) is 5.75 Å². The fourth-order valence-electron chi connectivity index (χ4n) is 2.68. The van der Waals surface area contributed by atoms with E-state index in [9.17, 15) is 8.42 Å². The molecule has 0 aliphatic heterocycles. The molecule has 0 saturated heterocycles. The minimum Gasteiger partial charge on any atom is -0.359 e. The largest absolute Gasteiger partial charge is 0.359 e. The molecule has 0 saturated carbocycles. The van der Waals surface area contributed by atoms with Crippen molar-refractivity contribution in [3.05, 3.63) is 71.4 Å². The number of fused-ring (bicyclic) bond motifs is 1. The summed E-state index contributed by atoms with van der Waals surface area (Å²) in [4.78, 5) is 3.28. The molecule has 4 nitrogen and oxygen atoms in total. The average molecular weight is 328 g/mol. The van der Waals surface area contributed by atoms with Crippen molar-refractivity contribution in [3.8, 4) is 0 Å². The van der Waals surface area contributed by atoms with E-state index in [0.717, 1.165) is 27.7 Å². The Labute approximate surface area is 136 Å². The van der Waals surface area contributed by atoms with E-state index < -0.39 is 10.0 Å². The van der Waals surface area contributed by atoms with Gasteiger partial charge in [-0.1, -0.05) is 36.4 Å². The van der Waals surface area contributed by atoms with E-state index in [2.05, 4.69) is 21.8 Å². The predicted octanol–water partition coefficient (Wildman–Crippen LogP) is 3.14. The summed E-state index contributed by atoms with van der Waals surface area (Å²) in [5, 5.41) is 1.16. The molecular formula is C18H20N2O2S. The first kappa shape index (κ1) is 15.8. The van der Waals surface area contributed by atoms with Crippen molar-refractivity contribution < 1.29 is 8.42 Å². The topological polar surface area (TPSA) is 62.0 Å². The minimum absolute atomic E-state index is 0.0177. The van der Waals surface area contributed by atoms with Gasteiger partial charge in [-0.3, -0.25) is 0 Å². The van der Waals surface area contributed by atoms with E-state index >= 15 is 0 Å². The molecule has 0 aliphatic rings. The summed E-state index contributed by atoms with van der Waals surface area (Å²) >= 11 is 0. The highest BCUT2D eigenvalue weighted by Gasteiger charge is 2.10. The van der Waals surface area contributed by atoms with Gasteiger partial charge in [-0.15, -0.1) is 0 Å². The lowest BCUT2D eigenvalue weighted by Gasteiger charge is -2.07. The van der Waals surface area contributed by atoms with Gasteiger partial charge in [0.25, 0.3) is 0 Å². The summed E-state index contributed by atoms with van der Waals surface area (Å²) in [6.07, 6.45) is 0.675. The van der Waals surface area contributed by atoms with E-state index in [1.807, 2.05) is 49.4 Å². The Bertz CT molecular complexity index is 899. The molecule has 3 rings (SSSR count). The number of hydrogen-bond donors (Lipinski definition) is 2. The second-order valence-electron chi connectivity index (χ2n) is 5.76. The maximum atomic E-state index is 12.1. The van der Waals surface area contributed by atoms with Crippen LogP contribution in [0.2, 0.25) is 0 Å². The zero-order valence-corrected chi connectivity index (χ0v) is 13.9. The van der Waals surface area contributed by atoms with Gasteiger partial charge in [0.2, 0.25) is 10.0 Å². The van der Waals surface area contributed by atoms with Crippen LogP contribution in [0.5, 0.6) is 0 Å². The third-order valence-corrected chi connectivity index (χ3v) is 5.11. The number of aryl methyl sites for hydroxylation is 1. The van der Waals surface area contributed by atoms with Crippen LogP contribution in [0.1, 0.15) is 16.8 Å². The number of sulfonamides is 1. The van der Waals surface area contributed by atoms with Crippen molar-refractivity contribution in [1.82, 2.24) is 9.71 Å². The SMILES string of the molecule is Cc1cc2cc(CCNS(=O)(=O)Cc3ccccc3)ccc2[nH]1. The molecule has 0 bridgehead atoms. The van der Waals surface area contributed by atoms with Crippen LogP contribution < -0.4 is 4.72 Å². The first-order valence-electron chi connectivity index (χ1n) is 7.61. The monoisotopic (exact) mass is 328 g/mol. The fraction of sp³-hybridized carbons (Fsp3) is 0.222. The van der Waals surface area contributed by atoms with Crippen molar-refractivity contribution in [1.29, 1.82) is 0 Å². The van der Waals surface area contributed by atoms with Gasteiger partial charge in [-0.05, 0) is 48.1 Å². The zero-order chi connectivity index (χ0) is 16.3. The summed E-state index contributed by atoms with van der Waals surface area (Å²) in [5.74, 6) is 0.0177. The standard InChI is InChI=1S/C18H20N2O2S/c1-14-11-17-12-15(7-8-18(17)20-14)9-10-19-23(21,22)13-16-5-3-2-4-6-16/h2-8,11-12,19-20H,9-10,13H2,1H3. The molecule has 23 heavy (non-hydrogen) atoms. The van der Waals surface area contributed by atoms with Gasteiger partial charge >= 0.3 is 0 Å². The van der Waals surface area contributed by atoms with Gasteiger partial charge in [0.15, 0.2) is 0 Å². The lowest BCUT2D eigenvalue weighted by molar-refractivity contribution is 0.581. The molecule has 5 heteroatoms. The number of aromatic amines is 1. The van der Waals surface area contributed by atoms with Crippen LogP contribution in [0, 0.1) is 6.92 Å². The molecule has 0 aliphatic carbocycles. The second-order valence-corrected chi connectivity index (χ2v) is 7.57. The molecule has 0 unspecified atom stereocenters. The van der Waals surface area contributed by atoms with Crippen molar-refractivity contribution >= 4 is 20.9 Å². The molecule has 0 amide bonds. The van der Waals surface area contributed by atoms with Crippen molar-refractivity contribution in [2.45, 2.75) is 19.1 Å². The molecule has 3 aromatic rings. The Balaban J connectivity index is 1.59. The van der Waals surface area contributed by atoms with Crippen LogP contribution in [-0.4, -0.2) is 19.9 Å². The highest BCUT2D eigenvalue weighted by Crippen LogP contribution is 2.17. The summed E-state index contributed by atoms with van der Waals surface area (Å²) in [7, 11) is -3.30. The molecule has 0 atom stereocenters. The predicted molar refractivity (Wildman–Crippen MR) is 93.8 cm³/mol. The van der Waals surface area contributed by atoms with Crippen LogP contribution in [0.3, 0.4) is 0 Å². The number of H-pyrrole nitrogens is 1. The summed E-state index contributed by atoms with van der Waals surface area (Å²) < 4.78 is 26.9. The molecular weight excluding hydrogens is 308 g/mol. The number of hydrogen-bond acceptors (Lipinski definition) is 2. The molecule has 120 valence electrons. The van der Waals surface area contributed by atoms with Crippen molar-refractivity contribution in [2.75, 3.05) is 6.54 Å². The highest BCUT2D eigenvalue weighted by atomic mass is 32.2. The summed E-state index contributed by atoms with van der Waals surface area (Å²) in [6.45, 7) is 2.43. The molecule has 0 spiro atoms. The van der Waals surface area contributed by atoms with E-state index in [0.29, 0.717) is 13.0 Å². The van der Waals surface area contributed by atoms with Crippen molar-refractivity contribution in [3.63, 3.8) is 0 Å². The summed E-state index contributed by atoms with van der Waals surface area (Å²) in [6, 6.07) is 17.5. The van der Waals surface area contributed by atoms with Crippen LogP contribution in [-0.2, 0) is 22.2 Å².